The molecule has 0 aromatic carbocycles. The average Bonchev–Trinajstić information content (AvgIpc) is 2.51. The van der Waals surface area contributed by atoms with Crippen LogP contribution in [0.4, 0.5) is 0 Å². The predicted octanol–water partition coefficient (Wildman–Crippen LogP) is 4.74. The van der Waals surface area contributed by atoms with Crippen molar-refractivity contribution in [1.82, 2.24) is 0 Å². The fraction of sp³-hybridized carbons (Fsp3) is 0.684. The molecule has 23 heavy (non-hydrogen) atoms. The van der Waals surface area contributed by atoms with E-state index in [0.717, 1.165) is 24.8 Å². The number of carbonyl (C=O) groups is 2. The fourth-order valence-corrected chi connectivity index (χ4v) is 1.78. The zero-order chi connectivity index (χ0) is 17.3. The molecule has 4 nitrogen and oxygen atoms in total. The molecule has 0 saturated carbocycles. The quantitative estimate of drug-likeness (QED) is 0.279. The summed E-state index contributed by atoms with van der Waals surface area (Å²) in [5.41, 5.74) is 1.09. The molecule has 0 aromatic rings. The van der Waals surface area contributed by atoms with Crippen molar-refractivity contribution in [2.24, 2.45) is 0 Å². The van der Waals surface area contributed by atoms with E-state index in [1.165, 1.54) is 19.3 Å². The van der Waals surface area contributed by atoms with Crippen LogP contribution in [0.1, 0.15) is 72.1 Å². The van der Waals surface area contributed by atoms with Crippen molar-refractivity contribution >= 4 is 11.9 Å². The summed E-state index contributed by atoms with van der Waals surface area (Å²) < 4.78 is 10.1. The first-order valence-electron chi connectivity index (χ1n) is 8.65. The van der Waals surface area contributed by atoms with Crippen LogP contribution < -0.4 is 0 Å². The molecule has 0 aliphatic heterocycles. The van der Waals surface area contributed by atoms with E-state index in [-0.39, 0.29) is 31.4 Å². The molecule has 0 radical (unpaired) electrons. The number of carbonyl (C=O) groups excluding carboxylic acids is 2. The third kappa shape index (κ3) is 16.6. The van der Waals surface area contributed by atoms with Gasteiger partial charge in [0, 0.05) is 0 Å². The van der Waals surface area contributed by atoms with Gasteiger partial charge in [0.1, 0.15) is 6.61 Å². The number of allylic oxidation sites excluding steroid dienone is 3. The maximum absolute atomic E-state index is 11.5. The Hall–Kier alpha value is -1.58. The minimum absolute atomic E-state index is 0.0762. The maximum atomic E-state index is 11.5. The number of hydrogen-bond donors (Lipinski definition) is 0. The van der Waals surface area contributed by atoms with Crippen LogP contribution in [0.3, 0.4) is 0 Å². The van der Waals surface area contributed by atoms with Gasteiger partial charge in [0.15, 0.2) is 0 Å². The van der Waals surface area contributed by atoms with Gasteiger partial charge < -0.3 is 9.47 Å². The summed E-state index contributed by atoms with van der Waals surface area (Å²) in [6.45, 7) is 6.74. The molecule has 0 amide bonds. The SMILES string of the molecule is CCCCC/C=C/CCCOC(=O)CCC(=O)OCC=C(C)C. The summed E-state index contributed by atoms with van der Waals surface area (Å²) in [5.74, 6) is -0.703. The second-order valence-electron chi connectivity index (χ2n) is 5.79. The lowest BCUT2D eigenvalue weighted by Crippen LogP contribution is -2.11. The van der Waals surface area contributed by atoms with Crippen LogP contribution in [0.5, 0.6) is 0 Å². The van der Waals surface area contributed by atoms with Crippen LogP contribution in [0.15, 0.2) is 23.8 Å². The van der Waals surface area contributed by atoms with Gasteiger partial charge in [-0.3, -0.25) is 9.59 Å². The van der Waals surface area contributed by atoms with E-state index in [4.69, 9.17) is 9.47 Å². The minimum Gasteiger partial charge on any atom is -0.466 e. The van der Waals surface area contributed by atoms with E-state index in [0.29, 0.717) is 6.61 Å². The molecule has 0 aliphatic rings. The van der Waals surface area contributed by atoms with E-state index >= 15 is 0 Å². The Morgan fingerprint density at radius 3 is 2.09 bits per heavy atom. The Morgan fingerprint density at radius 2 is 1.48 bits per heavy atom. The smallest absolute Gasteiger partial charge is 0.306 e. The highest BCUT2D eigenvalue weighted by atomic mass is 16.5. The molecule has 132 valence electrons. The molecule has 0 fully saturated rings. The largest absolute Gasteiger partial charge is 0.466 e. The lowest BCUT2D eigenvalue weighted by molar-refractivity contribution is -0.149. The summed E-state index contributed by atoms with van der Waals surface area (Å²) in [4.78, 5) is 22.9. The topological polar surface area (TPSA) is 52.6 Å². The average molecular weight is 324 g/mol. The Morgan fingerprint density at radius 1 is 0.870 bits per heavy atom. The van der Waals surface area contributed by atoms with Crippen LogP contribution in [0.2, 0.25) is 0 Å². The third-order valence-electron chi connectivity index (χ3n) is 3.19. The second kappa shape index (κ2) is 15.3. The number of rotatable bonds is 13. The van der Waals surface area contributed by atoms with Gasteiger partial charge in [-0.1, -0.05) is 37.5 Å². The van der Waals surface area contributed by atoms with E-state index in [1.807, 2.05) is 19.9 Å². The number of unbranched alkanes of at least 4 members (excludes halogenated alkanes) is 4. The summed E-state index contributed by atoms with van der Waals surface area (Å²) in [6, 6.07) is 0. The normalized spacial score (nSPS) is 10.6. The molecule has 0 spiro atoms. The lowest BCUT2D eigenvalue weighted by atomic mass is 10.2. The van der Waals surface area contributed by atoms with Crippen molar-refractivity contribution in [2.75, 3.05) is 13.2 Å². The predicted molar refractivity (Wildman–Crippen MR) is 93.1 cm³/mol. The van der Waals surface area contributed by atoms with E-state index in [9.17, 15) is 9.59 Å². The highest BCUT2D eigenvalue weighted by Gasteiger charge is 2.08. The minimum atomic E-state index is -0.366. The molecule has 0 atom stereocenters. The van der Waals surface area contributed by atoms with Crippen LogP contribution in [0.25, 0.3) is 0 Å². The summed E-state index contributed by atoms with van der Waals surface area (Å²) in [6.07, 6.45) is 13.0. The van der Waals surface area contributed by atoms with Gasteiger partial charge in [0.05, 0.1) is 19.4 Å². The van der Waals surface area contributed by atoms with Crippen LogP contribution in [0, 0.1) is 0 Å². The molecular weight excluding hydrogens is 292 g/mol. The summed E-state index contributed by atoms with van der Waals surface area (Å²) >= 11 is 0. The number of hydrogen-bond acceptors (Lipinski definition) is 4. The van der Waals surface area contributed by atoms with Gasteiger partial charge in [-0.15, -0.1) is 0 Å². The zero-order valence-corrected chi connectivity index (χ0v) is 14.9. The van der Waals surface area contributed by atoms with Crippen molar-refractivity contribution in [2.45, 2.75) is 72.1 Å². The first-order valence-corrected chi connectivity index (χ1v) is 8.65. The Kier molecular flexibility index (Phi) is 14.3. The third-order valence-corrected chi connectivity index (χ3v) is 3.19. The molecule has 0 bridgehead atoms. The summed E-state index contributed by atoms with van der Waals surface area (Å²) in [7, 11) is 0. The standard InChI is InChI=1S/C19H32O4/c1-4-5-6-7-8-9-10-11-15-22-18(20)12-13-19(21)23-16-14-17(2)3/h8-9,14H,4-7,10-13,15-16H2,1-3H3/b9-8+. The zero-order valence-electron chi connectivity index (χ0n) is 14.9. The first kappa shape index (κ1) is 21.4. The Labute approximate surface area is 140 Å². The summed E-state index contributed by atoms with van der Waals surface area (Å²) in [5, 5.41) is 0. The number of ether oxygens (including phenoxy) is 2. The van der Waals surface area contributed by atoms with Gasteiger partial charge in [0.2, 0.25) is 0 Å². The van der Waals surface area contributed by atoms with Crippen molar-refractivity contribution in [1.29, 1.82) is 0 Å². The molecule has 0 rings (SSSR count). The van der Waals surface area contributed by atoms with Crippen molar-refractivity contribution in [3.8, 4) is 0 Å². The highest BCUT2D eigenvalue weighted by molar-refractivity contribution is 5.77. The Bertz CT molecular complexity index is 379. The molecular formula is C19H32O4. The number of esters is 2. The van der Waals surface area contributed by atoms with Crippen LogP contribution in [-0.2, 0) is 19.1 Å². The van der Waals surface area contributed by atoms with E-state index in [1.54, 1.807) is 0 Å². The molecule has 4 heteroatoms. The van der Waals surface area contributed by atoms with Crippen LogP contribution >= 0.6 is 0 Å². The molecule has 0 heterocycles. The van der Waals surface area contributed by atoms with Crippen molar-refractivity contribution < 1.29 is 19.1 Å². The molecule has 0 aliphatic carbocycles. The second-order valence-corrected chi connectivity index (χ2v) is 5.79. The van der Waals surface area contributed by atoms with Crippen molar-refractivity contribution in [3.63, 3.8) is 0 Å². The first-order chi connectivity index (χ1) is 11.1. The van der Waals surface area contributed by atoms with Gasteiger partial charge >= 0.3 is 11.9 Å². The lowest BCUT2D eigenvalue weighted by Gasteiger charge is -2.04. The monoisotopic (exact) mass is 324 g/mol. The highest BCUT2D eigenvalue weighted by Crippen LogP contribution is 2.02. The van der Waals surface area contributed by atoms with Crippen molar-refractivity contribution in [3.05, 3.63) is 23.8 Å². The van der Waals surface area contributed by atoms with E-state index < -0.39 is 0 Å². The molecule has 0 aromatic heterocycles. The molecule has 0 N–H and O–H groups in total. The molecule has 0 unspecified atom stereocenters. The Balaban J connectivity index is 3.50. The van der Waals surface area contributed by atoms with E-state index in [2.05, 4.69) is 19.1 Å². The van der Waals surface area contributed by atoms with Gasteiger partial charge in [-0.25, -0.2) is 0 Å². The maximum Gasteiger partial charge on any atom is 0.306 e. The molecule has 0 saturated heterocycles. The van der Waals surface area contributed by atoms with Crippen LogP contribution in [-0.4, -0.2) is 25.2 Å². The van der Waals surface area contributed by atoms with Gasteiger partial charge in [-0.05, 0) is 45.6 Å². The fourth-order valence-electron chi connectivity index (χ4n) is 1.78. The van der Waals surface area contributed by atoms with Gasteiger partial charge in [0.25, 0.3) is 0 Å². The van der Waals surface area contributed by atoms with Gasteiger partial charge in [-0.2, -0.15) is 0 Å².